The second-order valence-electron chi connectivity index (χ2n) is 32.6. The van der Waals surface area contributed by atoms with E-state index in [0.717, 1.165) is 59.6 Å². The monoisotopic (exact) mass is 1550 g/mol. The maximum atomic E-state index is 13.7. The number of nitrogens with one attached hydrogen (secondary N) is 1. The third-order valence-corrected chi connectivity index (χ3v) is 17.1. The molecule has 4 aromatic rings. The zero-order valence-corrected chi connectivity index (χ0v) is 68.7. The number of rotatable bonds is 26. The van der Waals surface area contributed by atoms with Gasteiger partial charge in [-0.05, 0) is 171 Å². The average Bonchev–Trinajstić information content (AvgIpc) is 1.56. The lowest BCUT2D eigenvalue weighted by atomic mass is 10.0. The first-order valence-electron chi connectivity index (χ1n) is 36.9. The first kappa shape index (κ1) is 93.0. The van der Waals surface area contributed by atoms with Gasteiger partial charge in [-0.25, -0.2) is 4.79 Å². The molecule has 0 aliphatic carbocycles. The van der Waals surface area contributed by atoms with Crippen molar-refractivity contribution in [2.75, 3.05) is 110 Å². The van der Waals surface area contributed by atoms with E-state index in [1.807, 2.05) is 228 Å². The number of benzene rings is 4. The topological polar surface area (TPSA) is 282 Å². The molecule has 0 radical (unpaired) electrons. The molecule has 2 atom stereocenters. The van der Waals surface area contributed by atoms with E-state index in [1.165, 1.54) is 0 Å². The molecule has 2 aliphatic heterocycles. The van der Waals surface area contributed by atoms with Crippen LogP contribution in [0.2, 0.25) is 0 Å². The Labute approximate surface area is 646 Å². The fourth-order valence-electron chi connectivity index (χ4n) is 10.9. The zero-order valence-electron chi connectivity index (χ0n) is 67.1. The fraction of sp³-hybridized carbons (Fsp3) is 0.605. The highest BCUT2D eigenvalue weighted by Crippen LogP contribution is 2.24. The van der Waals surface area contributed by atoms with Crippen molar-refractivity contribution >= 4 is 69.5 Å². The third kappa shape index (κ3) is 41.4. The van der Waals surface area contributed by atoms with E-state index >= 15 is 0 Å². The SMILES string of the molecule is CC(C)(C)OC(=O)CN1CCN(CC(=O)OC(C)(C)C)CCN(C(CCC(=O)OCc2ccc(-c3ccccc3)cc2)C(=O)OC(C)(C)C)CC1.CC(C)(C)OC(=O)CN1CCNCCN(CC(=O)OC(C)(C)C)CC1.CC(C)(C)OC(=O)[C@H](CCC(=O)OCc1ccc(-c2ccccc2)cc1)OS(=O)(=O)CCl. The van der Waals surface area contributed by atoms with Crippen LogP contribution in [-0.4, -0.2) is 236 Å². The highest BCUT2D eigenvalue weighted by atomic mass is 35.5. The molecular weight excluding hydrogens is 1430 g/mol. The largest absolute Gasteiger partial charge is 0.461 e. The molecule has 602 valence electrons. The lowest BCUT2D eigenvalue weighted by Gasteiger charge is -2.33. The molecule has 27 heteroatoms. The molecule has 0 aromatic heterocycles. The number of nitrogens with zero attached hydrogens (tertiary/aromatic N) is 5. The van der Waals surface area contributed by atoms with Crippen LogP contribution in [0.1, 0.15) is 161 Å². The number of halogens is 1. The smallest absolute Gasteiger partial charge is 0.337 e. The summed E-state index contributed by atoms with van der Waals surface area (Å²) in [6.07, 6.45) is -1.76. The molecule has 0 spiro atoms. The Morgan fingerprint density at radius 2 is 0.676 bits per heavy atom. The maximum Gasteiger partial charge on any atom is 0.337 e. The lowest BCUT2D eigenvalue weighted by molar-refractivity contribution is -0.164. The lowest BCUT2D eigenvalue weighted by Crippen LogP contribution is -2.49. The Bertz CT molecular complexity index is 3480. The van der Waals surface area contributed by atoms with Crippen molar-refractivity contribution in [3.8, 4) is 22.3 Å². The van der Waals surface area contributed by atoms with Crippen molar-refractivity contribution in [1.82, 2.24) is 29.8 Å². The Balaban J connectivity index is 0.000000370. The first-order chi connectivity index (χ1) is 50.2. The molecule has 0 bridgehead atoms. The van der Waals surface area contributed by atoms with Crippen molar-refractivity contribution in [1.29, 1.82) is 0 Å². The molecule has 1 N–H and O–H groups in total. The van der Waals surface area contributed by atoms with Gasteiger partial charge in [0, 0.05) is 91.4 Å². The summed E-state index contributed by atoms with van der Waals surface area (Å²) in [6, 6.07) is 34.6. The molecule has 25 nitrogen and oxygen atoms in total. The van der Waals surface area contributed by atoms with Crippen LogP contribution < -0.4 is 5.32 Å². The number of hydrogen-bond donors (Lipinski definition) is 1. The number of carbonyl (C=O) groups excluding carboxylic acids is 8. The molecule has 6 rings (SSSR count). The molecule has 2 heterocycles. The molecule has 1 unspecified atom stereocenters. The summed E-state index contributed by atoms with van der Waals surface area (Å²) in [5, 5.41) is 2.52. The summed E-state index contributed by atoms with van der Waals surface area (Å²) in [5.41, 5.74) is 2.15. The quantitative estimate of drug-likeness (QED) is 0.0264. The van der Waals surface area contributed by atoms with Crippen LogP contribution in [0.5, 0.6) is 0 Å². The Kier molecular flexibility index (Phi) is 37.8. The van der Waals surface area contributed by atoms with E-state index in [2.05, 4.69) is 15.1 Å². The molecule has 2 saturated heterocycles. The number of hydrogen-bond acceptors (Lipinski definition) is 25. The van der Waals surface area contributed by atoms with Crippen molar-refractivity contribution < 1.29 is 88.9 Å². The van der Waals surface area contributed by atoms with Crippen molar-refractivity contribution in [2.45, 2.75) is 209 Å². The standard InChI is InChI=1S/C40H59N3O8.C23H27ClO7S.C18H35N3O4/c1-38(2,3)49-35(45)27-41-21-22-42(28-36(46)50-39(4,5)6)24-26-43(25-23-41)33(37(47)51-40(7,8)9)19-20-34(44)48-29-30-15-17-32(18-16-30)31-13-11-10-12-14-31;1-23(2,3)30-22(26)20(31-32(27,28)16-24)13-14-21(25)29-15-17-9-11-19(12-10-17)18-7-5-4-6-8-18;1-17(2,3)24-15(22)13-20-9-7-19-8-10-21(12-11-20)14-16(23)25-18(4,5)6/h10-18,33H,19-29H2,1-9H3;4-12,20H,13-16H2,1-3H3;19H,7-14H2,1-6H3/t;20-;/m.0./s1. The van der Waals surface area contributed by atoms with E-state index in [-0.39, 0.29) is 89.0 Å². The second kappa shape index (κ2) is 43.9. The summed E-state index contributed by atoms with van der Waals surface area (Å²) in [7, 11) is -4.14. The van der Waals surface area contributed by atoms with Gasteiger partial charge >= 0.3 is 47.8 Å². The van der Waals surface area contributed by atoms with Gasteiger partial charge in [0.1, 0.15) is 58.1 Å². The summed E-state index contributed by atoms with van der Waals surface area (Å²) < 4.78 is 72.1. The van der Waals surface area contributed by atoms with Crippen LogP contribution in [0.15, 0.2) is 109 Å². The van der Waals surface area contributed by atoms with Crippen LogP contribution in [-0.2, 0) is 104 Å². The summed E-state index contributed by atoms with van der Waals surface area (Å²) in [4.78, 5) is 111. The molecule has 4 aromatic carbocycles. The highest BCUT2D eigenvalue weighted by Gasteiger charge is 2.35. The van der Waals surface area contributed by atoms with Crippen molar-refractivity contribution in [2.24, 2.45) is 0 Å². The van der Waals surface area contributed by atoms with E-state index in [0.29, 0.717) is 52.4 Å². The Morgan fingerprint density at radius 3 is 1.00 bits per heavy atom. The molecule has 0 saturated carbocycles. The molecular formula is C81H121ClN6O19S. The van der Waals surface area contributed by atoms with Gasteiger partial charge in [0.25, 0.3) is 10.1 Å². The van der Waals surface area contributed by atoms with E-state index in [1.54, 1.807) is 20.8 Å². The number of ether oxygens (including phenoxy) is 8. The van der Waals surface area contributed by atoms with Gasteiger partial charge < -0.3 is 43.2 Å². The van der Waals surface area contributed by atoms with Gasteiger partial charge in [-0.2, -0.15) is 8.42 Å². The highest BCUT2D eigenvalue weighted by molar-refractivity contribution is 7.87. The Morgan fingerprint density at radius 1 is 0.380 bits per heavy atom. The number of esters is 8. The van der Waals surface area contributed by atoms with Crippen molar-refractivity contribution in [3.05, 3.63) is 120 Å². The molecule has 108 heavy (non-hydrogen) atoms. The predicted molar refractivity (Wildman–Crippen MR) is 415 cm³/mol. The van der Waals surface area contributed by atoms with Crippen LogP contribution in [0.3, 0.4) is 0 Å². The third-order valence-electron chi connectivity index (χ3n) is 15.5. The number of carbonyl (C=O) groups is 8. The minimum absolute atomic E-state index is 0.00571. The summed E-state index contributed by atoms with van der Waals surface area (Å²) >= 11 is 5.35. The van der Waals surface area contributed by atoms with Gasteiger partial charge in [0.2, 0.25) is 0 Å². The molecule has 0 amide bonds. The van der Waals surface area contributed by atoms with Crippen molar-refractivity contribution in [3.63, 3.8) is 0 Å². The number of alkyl halides is 1. The second-order valence-corrected chi connectivity index (χ2v) is 34.8. The van der Waals surface area contributed by atoms with Gasteiger partial charge in [-0.15, -0.1) is 11.6 Å². The van der Waals surface area contributed by atoms with Gasteiger partial charge in [-0.3, -0.25) is 62.2 Å². The van der Waals surface area contributed by atoms with E-state index in [9.17, 15) is 46.8 Å². The van der Waals surface area contributed by atoms with Gasteiger partial charge in [0.15, 0.2) is 6.10 Å². The zero-order chi connectivity index (χ0) is 80.7. The normalized spacial score (nSPS) is 15.8. The minimum atomic E-state index is -4.14. The van der Waals surface area contributed by atoms with Gasteiger partial charge in [-0.1, -0.05) is 109 Å². The van der Waals surface area contributed by atoms with Crippen LogP contribution in [0.25, 0.3) is 22.3 Å². The Hall–Kier alpha value is -7.40. The van der Waals surface area contributed by atoms with Gasteiger partial charge in [0.05, 0.1) is 26.2 Å². The predicted octanol–water partition coefficient (Wildman–Crippen LogP) is 10.8. The van der Waals surface area contributed by atoms with E-state index in [4.69, 9.17) is 53.7 Å². The summed E-state index contributed by atoms with van der Waals surface area (Å²) in [5.74, 6) is -3.49. The minimum Gasteiger partial charge on any atom is -0.461 e. The average molecular weight is 1550 g/mol. The van der Waals surface area contributed by atoms with Crippen LogP contribution in [0.4, 0.5) is 0 Å². The molecule has 2 aliphatic rings. The maximum absolute atomic E-state index is 13.7. The fourth-order valence-corrected chi connectivity index (χ4v) is 11.6. The molecule has 2 fully saturated rings. The van der Waals surface area contributed by atoms with Crippen LogP contribution in [0, 0.1) is 0 Å². The first-order valence-corrected chi connectivity index (χ1v) is 39.1. The van der Waals surface area contributed by atoms with E-state index < -0.39 is 85.0 Å². The summed E-state index contributed by atoms with van der Waals surface area (Å²) in [6.45, 7) is 40.7. The van der Waals surface area contributed by atoms with Crippen LogP contribution >= 0.6 is 11.6 Å².